The van der Waals surface area contributed by atoms with E-state index in [0.29, 0.717) is 5.92 Å². The monoisotopic (exact) mass is 239 g/mol. The molecule has 0 heterocycles. The molecule has 0 atom stereocenters. The Morgan fingerprint density at radius 1 is 1.00 bits per heavy atom. The minimum atomic E-state index is -0.665. The fourth-order valence-electron chi connectivity index (χ4n) is 2.67. The van der Waals surface area contributed by atoms with Crippen LogP contribution >= 0.6 is 0 Å². The summed E-state index contributed by atoms with van der Waals surface area (Å²) in [5, 5.41) is 11.9. The van der Waals surface area contributed by atoms with Crippen LogP contribution in [-0.2, 0) is 9.59 Å². The van der Waals surface area contributed by atoms with Gasteiger partial charge < -0.3 is 10.4 Å². The lowest BCUT2D eigenvalue weighted by Crippen LogP contribution is -2.38. The molecular weight excluding hydrogens is 218 g/mol. The van der Waals surface area contributed by atoms with Crippen LogP contribution in [0.3, 0.4) is 0 Å². The highest BCUT2D eigenvalue weighted by Gasteiger charge is 2.28. The van der Waals surface area contributed by atoms with Crippen LogP contribution in [0.15, 0.2) is 0 Å². The van der Waals surface area contributed by atoms with Crippen LogP contribution in [-0.4, -0.2) is 23.5 Å². The van der Waals surface area contributed by atoms with E-state index >= 15 is 0 Å². The third-order valence-electron chi connectivity index (χ3n) is 4.24. The maximum absolute atomic E-state index is 11.6. The summed E-state index contributed by atoms with van der Waals surface area (Å²) in [6.07, 6.45) is 6.65. The number of aliphatic carboxylic acids is 1. The lowest BCUT2D eigenvalue weighted by atomic mass is 9.81. The molecule has 0 aromatic heterocycles. The van der Waals surface area contributed by atoms with Crippen LogP contribution in [0.4, 0.5) is 0 Å². The Morgan fingerprint density at radius 3 is 2.12 bits per heavy atom. The zero-order valence-electron chi connectivity index (χ0n) is 10.2. The van der Waals surface area contributed by atoms with E-state index in [1.165, 1.54) is 6.42 Å². The largest absolute Gasteiger partial charge is 0.481 e. The molecule has 2 N–H and O–H groups in total. The zero-order valence-corrected chi connectivity index (χ0v) is 10.2. The lowest BCUT2D eigenvalue weighted by molar-refractivity contribution is -0.143. The van der Waals surface area contributed by atoms with Crippen molar-refractivity contribution in [3.05, 3.63) is 0 Å². The molecule has 0 radical (unpaired) electrons. The number of hydrogen-bond acceptors (Lipinski definition) is 2. The van der Waals surface area contributed by atoms with E-state index in [4.69, 9.17) is 5.11 Å². The highest BCUT2D eigenvalue weighted by molar-refractivity contribution is 5.79. The van der Waals surface area contributed by atoms with Gasteiger partial charge in [-0.2, -0.15) is 0 Å². The van der Waals surface area contributed by atoms with Crippen LogP contribution in [0.2, 0.25) is 0 Å². The topological polar surface area (TPSA) is 66.4 Å². The van der Waals surface area contributed by atoms with Gasteiger partial charge in [-0.25, -0.2) is 0 Å². The van der Waals surface area contributed by atoms with Gasteiger partial charge in [-0.1, -0.05) is 6.42 Å². The fraction of sp³-hybridized carbons (Fsp3) is 0.846. The number of rotatable bonds is 4. The van der Waals surface area contributed by atoms with Crippen LogP contribution in [0, 0.1) is 17.8 Å². The minimum Gasteiger partial charge on any atom is -0.481 e. The van der Waals surface area contributed by atoms with Crippen molar-refractivity contribution >= 4 is 11.9 Å². The second-order valence-electron chi connectivity index (χ2n) is 5.43. The average Bonchev–Trinajstić information content (AvgIpc) is 2.24. The first kappa shape index (κ1) is 12.4. The van der Waals surface area contributed by atoms with E-state index in [1.54, 1.807) is 0 Å². The van der Waals surface area contributed by atoms with Crippen LogP contribution < -0.4 is 5.32 Å². The number of nitrogens with one attached hydrogen (secondary N) is 1. The van der Waals surface area contributed by atoms with Crippen molar-refractivity contribution in [3.8, 4) is 0 Å². The number of carbonyl (C=O) groups is 2. The second-order valence-corrected chi connectivity index (χ2v) is 5.43. The Bertz CT molecular complexity index is 291. The summed E-state index contributed by atoms with van der Waals surface area (Å²) in [6.45, 7) is 0.738. The van der Waals surface area contributed by atoms with Crippen molar-refractivity contribution in [2.24, 2.45) is 17.8 Å². The summed E-state index contributed by atoms with van der Waals surface area (Å²) in [4.78, 5) is 22.4. The molecule has 2 aliphatic rings. The highest BCUT2D eigenvalue weighted by Crippen LogP contribution is 2.29. The molecule has 1 amide bonds. The van der Waals surface area contributed by atoms with E-state index in [-0.39, 0.29) is 17.7 Å². The molecule has 0 aliphatic heterocycles. The molecule has 0 aromatic rings. The minimum absolute atomic E-state index is 0.159. The average molecular weight is 239 g/mol. The van der Waals surface area contributed by atoms with Crippen molar-refractivity contribution in [2.45, 2.75) is 44.9 Å². The molecule has 0 aromatic carbocycles. The zero-order chi connectivity index (χ0) is 12.3. The molecule has 0 saturated heterocycles. The van der Waals surface area contributed by atoms with Crippen LogP contribution in [0.25, 0.3) is 0 Å². The Hall–Kier alpha value is -1.06. The van der Waals surface area contributed by atoms with Crippen LogP contribution in [0.1, 0.15) is 44.9 Å². The van der Waals surface area contributed by atoms with Crippen molar-refractivity contribution in [1.29, 1.82) is 0 Å². The second kappa shape index (κ2) is 5.52. The molecule has 4 nitrogen and oxygen atoms in total. The number of carboxylic acid groups (broad SMARTS) is 1. The Kier molecular flexibility index (Phi) is 4.02. The lowest BCUT2D eigenvalue weighted by Gasteiger charge is -2.28. The molecule has 2 rings (SSSR count). The molecule has 17 heavy (non-hydrogen) atoms. The van der Waals surface area contributed by atoms with Gasteiger partial charge in [0, 0.05) is 12.5 Å². The SMILES string of the molecule is O=C(O)C1CCC(CNC(=O)C2CCC2)CC1. The first-order valence-corrected chi connectivity index (χ1v) is 6.67. The molecule has 0 bridgehead atoms. The smallest absolute Gasteiger partial charge is 0.306 e. The van der Waals surface area contributed by atoms with Gasteiger partial charge in [0.1, 0.15) is 0 Å². The summed E-state index contributed by atoms with van der Waals surface area (Å²) >= 11 is 0. The molecule has 2 fully saturated rings. The normalized spacial score (nSPS) is 29.4. The first-order valence-electron chi connectivity index (χ1n) is 6.67. The van der Waals surface area contributed by atoms with E-state index in [0.717, 1.165) is 45.1 Å². The molecule has 96 valence electrons. The van der Waals surface area contributed by atoms with Crippen molar-refractivity contribution in [2.75, 3.05) is 6.54 Å². The molecule has 4 heteroatoms. The molecule has 2 saturated carbocycles. The van der Waals surface area contributed by atoms with Crippen molar-refractivity contribution < 1.29 is 14.7 Å². The summed E-state index contributed by atoms with van der Waals surface area (Å²) in [5.41, 5.74) is 0. The molecule has 0 unspecified atom stereocenters. The maximum atomic E-state index is 11.6. The Morgan fingerprint density at radius 2 is 1.65 bits per heavy atom. The van der Waals surface area contributed by atoms with Crippen molar-refractivity contribution in [3.63, 3.8) is 0 Å². The third kappa shape index (κ3) is 3.20. The fourth-order valence-corrected chi connectivity index (χ4v) is 2.67. The van der Waals surface area contributed by atoms with E-state index < -0.39 is 5.97 Å². The molecular formula is C13H21NO3. The van der Waals surface area contributed by atoms with Gasteiger partial charge in [0.15, 0.2) is 0 Å². The maximum Gasteiger partial charge on any atom is 0.306 e. The number of carboxylic acids is 1. The summed E-state index contributed by atoms with van der Waals surface area (Å²) in [7, 11) is 0. The predicted octanol–water partition coefficient (Wildman–Crippen LogP) is 1.79. The van der Waals surface area contributed by atoms with Gasteiger partial charge in [-0.05, 0) is 44.4 Å². The van der Waals surface area contributed by atoms with Gasteiger partial charge in [-0.3, -0.25) is 9.59 Å². The Labute approximate surface area is 102 Å². The highest BCUT2D eigenvalue weighted by atomic mass is 16.4. The summed E-state index contributed by atoms with van der Waals surface area (Å²) in [6, 6.07) is 0. The summed E-state index contributed by atoms with van der Waals surface area (Å²) < 4.78 is 0. The molecule has 0 spiro atoms. The quantitative estimate of drug-likeness (QED) is 0.786. The summed E-state index contributed by atoms with van der Waals surface area (Å²) in [5.74, 6) is 0.118. The van der Waals surface area contributed by atoms with Gasteiger partial charge in [0.05, 0.1) is 5.92 Å². The first-order chi connectivity index (χ1) is 8.16. The molecule has 2 aliphatic carbocycles. The van der Waals surface area contributed by atoms with E-state index in [9.17, 15) is 9.59 Å². The number of hydrogen-bond donors (Lipinski definition) is 2. The van der Waals surface area contributed by atoms with Gasteiger partial charge in [0.25, 0.3) is 0 Å². The van der Waals surface area contributed by atoms with Gasteiger partial charge >= 0.3 is 5.97 Å². The van der Waals surface area contributed by atoms with E-state index in [1.807, 2.05) is 0 Å². The standard InChI is InChI=1S/C13H21NO3/c15-12(10-2-1-3-10)14-8-9-4-6-11(7-5-9)13(16)17/h9-11H,1-8H2,(H,14,15)(H,16,17). The number of amides is 1. The van der Waals surface area contributed by atoms with Gasteiger partial charge in [-0.15, -0.1) is 0 Å². The predicted molar refractivity (Wildman–Crippen MR) is 63.4 cm³/mol. The van der Waals surface area contributed by atoms with Crippen molar-refractivity contribution in [1.82, 2.24) is 5.32 Å². The third-order valence-corrected chi connectivity index (χ3v) is 4.24. The van der Waals surface area contributed by atoms with E-state index in [2.05, 4.69) is 5.32 Å². The van der Waals surface area contributed by atoms with Gasteiger partial charge in [0.2, 0.25) is 5.91 Å². The number of carbonyl (C=O) groups excluding carboxylic acids is 1. The Balaban J connectivity index is 1.64. The van der Waals surface area contributed by atoms with Crippen LogP contribution in [0.5, 0.6) is 0 Å².